The van der Waals surface area contributed by atoms with Crippen LogP contribution in [0.1, 0.15) is 36.5 Å². The maximum atomic E-state index is 12.2. The molecule has 128 valence electrons. The first-order valence-electron chi connectivity index (χ1n) is 8.01. The molecule has 0 aliphatic rings. The van der Waals surface area contributed by atoms with Crippen molar-refractivity contribution < 1.29 is 19.1 Å². The molecular weight excluding hydrogens is 308 g/mol. The van der Waals surface area contributed by atoms with E-state index >= 15 is 0 Å². The van der Waals surface area contributed by atoms with Crippen molar-refractivity contribution in [2.75, 3.05) is 25.6 Å². The fourth-order valence-corrected chi connectivity index (χ4v) is 2.30. The van der Waals surface area contributed by atoms with Crippen LogP contribution in [-0.4, -0.2) is 37.2 Å². The molecule has 2 aromatic rings. The zero-order valence-electron chi connectivity index (χ0n) is 14.0. The van der Waals surface area contributed by atoms with Gasteiger partial charge in [0, 0.05) is 25.5 Å². The first kappa shape index (κ1) is 17.9. The van der Waals surface area contributed by atoms with Gasteiger partial charge in [-0.15, -0.1) is 0 Å². The molecule has 1 heterocycles. The van der Waals surface area contributed by atoms with Gasteiger partial charge in [0.2, 0.25) is 5.91 Å². The molecule has 0 fully saturated rings. The number of methoxy groups -OCH3 is 1. The molecule has 0 radical (unpaired) electrons. The van der Waals surface area contributed by atoms with E-state index in [2.05, 4.69) is 10.3 Å². The summed E-state index contributed by atoms with van der Waals surface area (Å²) in [7, 11) is 1.63. The highest BCUT2D eigenvalue weighted by atomic mass is 16.5. The number of unbranched alkanes of at least 4 members (excludes halogenated alkanes) is 1. The fraction of sp³-hybridized carbons (Fsp3) is 0.389. The largest absolute Gasteiger partial charge is 0.462 e. The maximum absolute atomic E-state index is 12.2. The van der Waals surface area contributed by atoms with Crippen molar-refractivity contribution in [3.8, 4) is 0 Å². The summed E-state index contributed by atoms with van der Waals surface area (Å²) >= 11 is 0. The van der Waals surface area contributed by atoms with Crippen LogP contribution >= 0.6 is 0 Å². The minimum Gasteiger partial charge on any atom is -0.462 e. The molecule has 1 aromatic carbocycles. The van der Waals surface area contributed by atoms with Gasteiger partial charge in [0.15, 0.2) is 0 Å². The molecule has 0 unspecified atom stereocenters. The first-order valence-corrected chi connectivity index (χ1v) is 8.01. The van der Waals surface area contributed by atoms with Crippen molar-refractivity contribution >= 4 is 28.6 Å². The third kappa shape index (κ3) is 4.76. The molecule has 2 rings (SSSR count). The summed E-state index contributed by atoms with van der Waals surface area (Å²) in [5.41, 5.74) is 0.973. The van der Waals surface area contributed by atoms with Gasteiger partial charge in [-0.2, -0.15) is 0 Å². The van der Waals surface area contributed by atoms with E-state index in [-0.39, 0.29) is 23.9 Å². The minimum atomic E-state index is -0.495. The predicted molar refractivity (Wildman–Crippen MR) is 92.1 cm³/mol. The summed E-state index contributed by atoms with van der Waals surface area (Å²) in [5, 5.41) is 3.55. The predicted octanol–water partition coefficient (Wildman–Crippen LogP) is 3.17. The van der Waals surface area contributed by atoms with Gasteiger partial charge < -0.3 is 14.8 Å². The summed E-state index contributed by atoms with van der Waals surface area (Å²) in [6.07, 6.45) is 1.86. The third-order valence-electron chi connectivity index (χ3n) is 3.48. The number of esters is 1. The van der Waals surface area contributed by atoms with E-state index in [0.717, 1.165) is 11.8 Å². The lowest BCUT2D eigenvalue weighted by molar-refractivity contribution is -0.116. The van der Waals surface area contributed by atoms with E-state index in [4.69, 9.17) is 9.47 Å². The van der Waals surface area contributed by atoms with Crippen molar-refractivity contribution in [1.82, 2.24) is 4.98 Å². The summed E-state index contributed by atoms with van der Waals surface area (Å²) in [6, 6.07) is 9.11. The van der Waals surface area contributed by atoms with Gasteiger partial charge in [-0.05, 0) is 31.9 Å². The van der Waals surface area contributed by atoms with Gasteiger partial charge in [0.25, 0.3) is 0 Å². The number of nitrogens with one attached hydrogen (secondary N) is 1. The zero-order chi connectivity index (χ0) is 17.4. The molecule has 0 atom stereocenters. The Morgan fingerprint density at radius 3 is 2.75 bits per heavy atom. The molecule has 6 nitrogen and oxygen atoms in total. The number of rotatable bonds is 8. The zero-order valence-corrected chi connectivity index (χ0v) is 14.0. The van der Waals surface area contributed by atoms with Crippen LogP contribution in [0.4, 0.5) is 5.82 Å². The van der Waals surface area contributed by atoms with Crippen LogP contribution in [0.5, 0.6) is 0 Å². The monoisotopic (exact) mass is 330 g/mol. The highest BCUT2D eigenvalue weighted by Gasteiger charge is 2.17. The van der Waals surface area contributed by atoms with E-state index in [1.807, 2.05) is 24.3 Å². The van der Waals surface area contributed by atoms with E-state index < -0.39 is 5.97 Å². The number of amides is 1. The van der Waals surface area contributed by atoms with Crippen LogP contribution in [0.2, 0.25) is 0 Å². The van der Waals surface area contributed by atoms with E-state index in [0.29, 0.717) is 25.0 Å². The molecular formula is C18H22N2O4. The lowest BCUT2D eigenvalue weighted by atomic mass is 10.1. The van der Waals surface area contributed by atoms with Gasteiger partial charge in [0.1, 0.15) is 11.4 Å². The Kier molecular flexibility index (Phi) is 6.69. The standard InChI is InChI=1S/C18H22N2O4/c1-3-24-18(22)14-12-13-8-4-5-9-15(13)19-17(14)20-16(21)10-6-7-11-23-2/h4-5,8-9,12H,3,6-7,10-11H2,1-2H3,(H,19,20,21). The molecule has 0 aliphatic carbocycles. The van der Waals surface area contributed by atoms with Gasteiger partial charge in [0.05, 0.1) is 12.1 Å². The topological polar surface area (TPSA) is 77.5 Å². The van der Waals surface area contributed by atoms with Gasteiger partial charge in [-0.1, -0.05) is 18.2 Å². The van der Waals surface area contributed by atoms with Crippen molar-refractivity contribution in [1.29, 1.82) is 0 Å². The SMILES string of the molecule is CCOC(=O)c1cc2ccccc2nc1NC(=O)CCCCOC. The summed E-state index contributed by atoms with van der Waals surface area (Å²) in [5.74, 6) is -0.436. The minimum absolute atomic E-state index is 0.181. The van der Waals surface area contributed by atoms with Crippen molar-refractivity contribution in [2.24, 2.45) is 0 Å². The summed E-state index contributed by atoms with van der Waals surface area (Å²) < 4.78 is 10.0. The number of fused-ring (bicyclic) bond motifs is 1. The van der Waals surface area contributed by atoms with Crippen LogP contribution in [0, 0.1) is 0 Å². The Morgan fingerprint density at radius 1 is 1.21 bits per heavy atom. The number of benzene rings is 1. The average Bonchev–Trinajstić information content (AvgIpc) is 2.58. The Balaban J connectivity index is 2.21. The molecule has 0 saturated heterocycles. The molecule has 0 saturated carbocycles. The van der Waals surface area contributed by atoms with Gasteiger partial charge in [-0.3, -0.25) is 4.79 Å². The van der Waals surface area contributed by atoms with Gasteiger partial charge in [-0.25, -0.2) is 9.78 Å². The Hall–Kier alpha value is -2.47. The van der Waals surface area contributed by atoms with Crippen LogP contribution in [-0.2, 0) is 14.3 Å². The Labute approximate surface area is 141 Å². The highest BCUT2D eigenvalue weighted by molar-refractivity contribution is 6.03. The molecule has 1 N–H and O–H groups in total. The number of pyridine rings is 1. The molecule has 1 amide bonds. The van der Waals surface area contributed by atoms with E-state index in [9.17, 15) is 9.59 Å². The summed E-state index contributed by atoms with van der Waals surface area (Å²) in [4.78, 5) is 28.7. The second kappa shape index (κ2) is 8.98. The number of anilines is 1. The van der Waals surface area contributed by atoms with Crippen molar-refractivity contribution in [3.63, 3.8) is 0 Å². The van der Waals surface area contributed by atoms with Crippen LogP contribution < -0.4 is 5.32 Å². The van der Waals surface area contributed by atoms with Crippen LogP contribution in [0.15, 0.2) is 30.3 Å². The summed E-state index contributed by atoms with van der Waals surface area (Å²) in [6.45, 7) is 2.62. The third-order valence-corrected chi connectivity index (χ3v) is 3.48. The smallest absolute Gasteiger partial charge is 0.341 e. The lowest BCUT2D eigenvalue weighted by Gasteiger charge is -2.11. The number of nitrogens with zero attached hydrogens (tertiary/aromatic N) is 1. The molecule has 0 spiro atoms. The Bertz CT molecular complexity index is 715. The normalized spacial score (nSPS) is 10.6. The number of ether oxygens (including phenoxy) is 2. The Morgan fingerprint density at radius 2 is 2.00 bits per heavy atom. The van der Waals surface area contributed by atoms with Gasteiger partial charge >= 0.3 is 5.97 Å². The fourth-order valence-electron chi connectivity index (χ4n) is 2.30. The molecule has 6 heteroatoms. The number of para-hydroxylation sites is 1. The molecule has 1 aromatic heterocycles. The maximum Gasteiger partial charge on any atom is 0.341 e. The highest BCUT2D eigenvalue weighted by Crippen LogP contribution is 2.21. The second-order valence-electron chi connectivity index (χ2n) is 5.30. The average molecular weight is 330 g/mol. The van der Waals surface area contributed by atoms with Crippen LogP contribution in [0.3, 0.4) is 0 Å². The second-order valence-corrected chi connectivity index (χ2v) is 5.30. The van der Waals surface area contributed by atoms with Crippen LogP contribution in [0.25, 0.3) is 10.9 Å². The van der Waals surface area contributed by atoms with Crippen molar-refractivity contribution in [2.45, 2.75) is 26.2 Å². The number of carbonyl (C=O) groups excluding carboxylic acids is 2. The van der Waals surface area contributed by atoms with E-state index in [1.54, 1.807) is 20.1 Å². The number of aromatic nitrogens is 1. The first-order chi connectivity index (χ1) is 11.7. The molecule has 0 aliphatic heterocycles. The quantitative estimate of drug-likeness (QED) is 0.594. The van der Waals surface area contributed by atoms with E-state index in [1.165, 1.54) is 0 Å². The lowest BCUT2D eigenvalue weighted by Crippen LogP contribution is -2.17. The molecule has 24 heavy (non-hydrogen) atoms. The molecule has 0 bridgehead atoms. The number of hydrogen-bond donors (Lipinski definition) is 1. The number of hydrogen-bond acceptors (Lipinski definition) is 5. The number of carbonyl (C=O) groups is 2. The van der Waals surface area contributed by atoms with Crippen molar-refractivity contribution in [3.05, 3.63) is 35.9 Å².